The molecule has 0 saturated carbocycles. The number of carbonyl (C=O) groups is 1. The van der Waals surface area contributed by atoms with Gasteiger partial charge in [-0.15, -0.1) is 11.3 Å². The molecule has 0 aliphatic heterocycles. The normalized spacial score (nSPS) is 11.3. The molecule has 0 aliphatic carbocycles. The van der Waals surface area contributed by atoms with Gasteiger partial charge in [-0.1, -0.05) is 26.0 Å². The van der Waals surface area contributed by atoms with E-state index in [1.165, 1.54) is 23.1 Å². The van der Waals surface area contributed by atoms with Crippen LogP contribution >= 0.6 is 11.3 Å². The summed E-state index contributed by atoms with van der Waals surface area (Å²) >= 11 is 1.64. The summed E-state index contributed by atoms with van der Waals surface area (Å²) in [7, 11) is 0. The summed E-state index contributed by atoms with van der Waals surface area (Å²) in [5.74, 6) is -1.09. The average Bonchev–Trinajstić information content (AvgIpc) is 2.94. The van der Waals surface area contributed by atoms with Gasteiger partial charge in [0.05, 0.1) is 5.56 Å². The standard InChI is InChI=1S/C15H17NO3S/c1-15(2,12-7-4-8-20-12)9-16-14(19)10-5-3-6-11(17)13(10)18/h3-8,17-18H,9H2,1-2H3,(H,16,19). The van der Waals surface area contributed by atoms with Gasteiger partial charge in [-0.25, -0.2) is 0 Å². The van der Waals surface area contributed by atoms with Crippen molar-refractivity contribution in [1.29, 1.82) is 0 Å². The molecule has 2 aromatic rings. The molecule has 1 aromatic carbocycles. The second-order valence-electron chi connectivity index (χ2n) is 5.22. The number of phenols is 2. The fraction of sp³-hybridized carbons (Fsp3) is 0.267. The Bertz CT molecular complexity index is 606. The van der Waals surface area contributed by atoms with Crippen molar-refractivity contribution in [2.75, 3.05) is 6.54 Å². The van der Waals surface area contributed by atoms with Crippen molar-refractivity contribution in [2.45, 2.75) is 19.3 Å². The van der Waals surface area contributed by atoms with E-state index in [0.717, 1.165) is 0 Å². The molecule has 0 fully saturated rings. The smallest absolute Gasteiger partial charge is 0.255 e. The zero-order valence-corrected chi connectivity index (χ0v) is 12.2. The number of amides is 1. The van der Waals surface area contributed by atoms with Crippen LogP contribution in [-0.4, -0.2) is 22.7 Å². The molecule has 1 aromatic heterocycles. The van der Waals surface area contributed by atoms with Crippen LogP contribution in [0.5, 0.6) is 11.5 Å². The highest BCUT2D eigenvalue weighted by Gasteiger charge is 2.23. The monoisotopic (exact) mass is 291 g/mol. The van der Waals surface area contributed by atoms with Crippen LogP contribution in [-0.2, 0) is 5.41 Å². The van der Waals surface area contributed by atoms with Gasteiger partial charge >= 0.3 is 0 Å². The van der Waals surface area contributed by atoms with Gasteiger partial charge in [0.15, 0.2) is 11.5 Å². The Morgan fingerprint density at radius 1 is 1.25 bits per heavy atom. The van der Waals surface area contributed by atoms with Gasteiger partial charge in [0.1, 0.15) is 0 Å². The Labute approximate surface area is 121 Å². The summed E-state index contributed by atoms with van der Waals surface area (Å²) in [6, 6.07) is 8.34. The summed E-state index contributed by atoms with van der Waals surface area (Å²) < 4.78 is 0. The first-order chi connectivity index (χ1) is 9.42. The summed E-state index contributed by atoms with van der Waals surface area (Å²) in [5, 5.41) is 23.9. The Morgan fingerprint density at radius 3 is 2.65 bits per heavy atom. The minimum absolute atomic E-state index is 0.0759. The lowest BCUT2D eigenvalue weighted by Crippen LogP contribution is -2.36. The highest BCUT2D eigenvalue weighted by molar-refractivity contribution is 7.10. The molecule has 0 spiro atoms. The maximum absolute atomic E-state index is 12.1. The lowest BCUT2D eigenvalue weighted by molar-refractivity contribution is 0.0942. The molecular formula is C15H17NO3S. The number of hydrogen-bond acceptors (Lipinski definition) is 4. The number of hydrogen-bond donors (Lipinski definition) is 3. The molecule has 0 radical (unpaired) electrons. The van der Waals surface area contributed by atoms with E-state index in [4.69, 9.17) is 0 Å². The molecule has 0 atom stereocenters. The van der Waals surface area contributed by atoms with Gasteiger partial charge in [0.2, 0.25) is 0 Å². The molecule has 3 N–H and O–H groups in total. The van der Waals surface area contributed by atoms with Crippen LogP contribution in [0.2, 0.25) is 0 Å². The molecule has 5 heteroatoms. The first-order valence-electron chi connectivity index (χ1n) is 6.25. The quantitative estimate of drug-likeness (QED) is 0.759. The van der Waals surface area contributed by atoms with Gasteiger partial charge in [0, 0.05) is 16.8 Å². The SMILES string of the molecule is CC(C)(CNC(=O)c1cccc(O)c1O)c1cccs1. The Hall–Kier alpha value is -2.01. The predicted octanol–water partition coefficient (Wildman–Crippen LogP) is 2.87. The van der Waals surface area contributed by atoms with E-state index in [0.29, 0.717) is 6.54 Å². The number of thiophene rings is 1. The molecule has 1 heterocycles. The van der Waals surface area contributed by atoms with Crippen LogP contribution in [0.4, 0.5) is 0 Å². The molecule has 0 aliphatic rings. The molecule has 4 nitrogen and oxygen atoms in total. The minimum Gasteiger partial charge on any atom is -0.504 e. The largest absolute Gasteiger partial charge is 0.504 e. The zero-order chi connectivity index (χ0) is 14.8. The number of para-hydroxylation sites is 1. The van der Waals surface area contributed by atoms with Crippen molar-refractivity contribution in [2.24, 2.45) is 0 Å². The summed E-state index contributed by atoms with van der Waals surface area (Å²) in [4.78, 5) is 13.2. The third kappa shape index (κ3) is 2.93. The maximum Gasteiger partial charge on any atom is 0.255 e. The molecule has 20 heavy (non-hydrogen) atoms. The first kappa shape index (κ1) is 14.4. The topological polar surface area (TPSA) is 69.6 Å². The van der Waals surface area contributed by atoms with Gasteiger partial charge in [0.25, 0.3) is 5.91 Å². The van der Waals surface area contributed by atoms with E-state index in [1.54, 1.807) is 11.3 Å². The second-order valence-corrected chi connectivity index (χ2v) is 6.16. The van der Waals surface area contributed by atoms with Crippen LogP contribution in [0, 0.1) is 0 Å². The summed E-state index contributed by atoms with van der Waals surface area (Å²) in [6.45, 7) is 4.53. The van der Waals surface area contributed by atoms with Crippen LogP contribution in [0.3, 0.4) is 0 Å². The number of phenolic OH excluding ortho intramolecular Hbond substituents is 2. The lowest BCUT2D eigenvalue weighted by Gasteiger charge is -2.23. The van der Waals surface area contributed by atoms with Crippen molar-refractivity contribution in [1.82, 2.24) is 5.32 Å². The molecule has 1 amide bonds. The highest BCUT2D eigenvalue weighted by Crippen LogP contribution is 2.29. The van der Waals surface area contributed by atoms with Crippen LogP contribution in [0.25, 0.3) is 0 Å². The van der Waals surface area contributed by atoms with E-state index in [9.17, 15) is 15.0 Å². The van der Waals surface area contributed by atoms with Crippen molar-refractivity contribution in [3.63, 3.8) is 0 Å². The fourth-order valence-electron chi connectivity index (χ4n) is 1.86. The third-order valence-corrected chi connectivity index (χ3v) is 4.37. The minimum atomic E-state index is -0.400. The number of nitrogens with one attached hydrogen (secondary N) is 1. The second kappa shape index (κ2) is 5.54. The summed E-state index contributed by atoms with van der Waals surface area (Å²) in [5.41, 5.74) is -0.108. The Balaban J connectivity index is 2.08. The number of benzene rings is 1. The highest BCUT2D eigenvalue weighted by atomic mass is 32.1. The van der Waals surface area contributed by atoms with E-state index < -0.39 is 5.91 Å². The van der Waals surface area contributed by atoms with Crippen molar-refractivity contribution in [3.8, 4) is 11.5 Å². The number of aromatic hydroxyl groups is 2. The number of carbonyl (C=O) groups excluding carboxylic acids is 1. The summed E-state index contributed by atoms with van der Waals surface area (Å²) in [6.07, 6.45) is 0. The average molecular weight is 291 g/mol. The van der Waals surface area contributed by atoms with Gasteiger partial charge < -0.3 is 15.5 Å². The van der Waals surface area contributed by atoms with E-state index in [1.807, 2.05) is 31.4 Å². The van der Waals surface area contributed by atoms with E-state index >= 15 is 0 Å². The Morgan fingerprint density at radius 2 is 2.00 bits per heavy atom. The van der Waals surface area contributed by atoms with Crippen molar-refractivity contribution in [3.05, 3.63) is 46.2 Å². The van der Waals surface area contributed by atoms with Gasteiger partial charge in [-0.3, -0.25) is 4.79 Å². The molecule has 0 unspecified atom stereocenters. The zero-order valence-electron chi connectivity index (χ0n) is 11.4. The third-order valence-electron chi connectivity index (χ3n) is 3.14. The lowest BCUT2D eigenvalue weighted by atomic mass is 9.91. The molecule has 2 rings (SSSR count). The van der Waals surface area contributed by atoms with Crippen molar-refractivity contribution < 1.29 is 15.0 Å². The number of rotatable bonds is 4. The van der Waals surface area contributed by atoms with Crippen LogP contribution in [0.1, 0.15) is 29.1 Å². The molecule has 0 saturated heterocycles. The predicted molar refractivity (Wildman–Crippen MR) is 79.4 cm³/mol. The molecular weight excluding hydrogens is 274 g/mol. The molecule has 106 valence electrons. The molecule has 0 bridgehead atoms. The van der Waals surface area contributed by atoms with Crippen LogP contribution in [0.15, 0.2) is 35.7 Å². The fourth-order valence-corrected chi connectivity index (χ4v) is 2.71. The van der Waals surface area contributed by atoms with E-state index in [-0.39, 0.29) is 22.5 Å². The van der Waals surface area contributed by atoms with E-state index in [2.05, 4.69) is 5.32 Å². The van der Waals surface area contributed by atoms with Crippen molar-refractivity contribution >= 4 is 17.2 Å². The van der Waals surface area contributed by atoms with Gasteiger partial charge in [-0.2, -0.15) is 0 Å². The first-order valence-corrected chi connectivity index (χ1v) is 7.13. The van der Waals surface area contributed by atoms with Gasteiger partial charge in [-0.05, 0) is 23.6 Å². The maximum atomic E-state index is 12.1. The van der Waals surface area contributed by atoms with Crippen LogP contribution < -0.4 is 5.32 Å². The Kier molecular flexibility index (Phi) is 3.99.